The second-order valence-electron chi connectivity index (χ2n) is 5.05. The van der Waals surface area contributed by atoms with Crippen molar-refractivity contribution in [1.29, 1.82) is 0 Å². The maximum Gasteiger partial charge on any atom is 0.0991 e. The minimum absolute atomic E-state index is 0.786. The molecule has 104 valence electrons. The van der Waals surface area contributed by atoms with E-state index in [0.29, 0.717) is 0 Å². The molecule has 21 heavy (non-hydrogen) atoms. The highest BCUT2D eigenvalue weighted by molar-refractivity contribution is 5.91. The van der Waals surface area contributed by atoms with Crippen LogP contribution in [-0.2, 0) is 4.74 Å². The minimum Gasteiger partial charge on any atom is -0.501 e. The average Bonchev–Trinajstić information content (AvgIpc) is 2.99. The van der Waals surface area contributed by atoms with E-state index in [1.165, 1.54) is 0 Å². The zero-order chi connectivity index (χ0) is 14.1. The number of nitrogens with zero attached hydrogens (tertiary/aromatic N) is 3. The maximum atomic E-state index is 5.43. The molecule has 0 saturated carbocycles. The SMILES string of the molecule is C1=C(c2n[nH]c3cnc(-c4cccnc4)cc23)CCCO1. The van der Waals surface area contributed by atoms with E-state index in [2.05, 4.69) is 26.2 Å². The van der Waals surface area contributed by atoms with Crippen LogP contribution in [0.2, 0.25) is 0 Å². The molecule has 1 aliphatic rings. The number of fused-ring (bicyclic) bond motifs is 1. The predicted octanol–water partition coefficient (Wildman–Crippen LogP) is 3.17. The monoisotopic (exact) mass is 278 g/mol. The average molecular weight is 278 g/mol. The number of aromatic nitrogens is 4. The molecule has 0 radical (unpaired) electrons. The zero-order valence-corrected chi connectivity index (χ0v) is 11.4. The molecule has 3 aromatic heterocycles. The van der Waals surface area contributed by atoms with Gasteiger partial charge in [0, 0.05) is 28.9 Å². The molecule has 5 nitrogen and oxygen atoms in total. The van der Waals surface area contributed by atoms with Crippen molar-refractivity contribution in [2.45, 2.75) is 12.8 Å². The summed E-state index contributed by atoms with van der Waals surface area (Å²) >= 11 is 0. The number of hydrogen-bond donors (Lipinski definition) is 1. The Morgan fingerprint density at radius 3 is 3.05 bits per heavy atom. The summed E-state index contributed by atoms with van der Waals surface area (Å²) in [5, 5.41) is 8.53. The highest BCUT2D eigenvalue weighted by atomic mass is 16.5. The van der Waals surface area contributed by atoms with Gasteiger partial charge in [0.15, 0.2) is 0 Å². The van der Waals surface area contributed by atoms with Gasteiger partial charge in [-0.25, -0.2) is 0 Å². The van der Waals surface area contributed by atoms with Crippen molar-refractivity contribution in [3.63, 3.8) is 0 Å². The van der Waals surface area contributed by atoms with Gasteiger partial charge in [-0.05, 0) is 31.0 Å². The van der Waals surface area contributed by atoms with Crippen molar-refractivity contribution in [3.05, 3.63) is 48.7 Å². The van der Waals surface area contributed by atoms with Crippen molar-refractivity contribution in [2.24, 2.45) is 0 Å². The third-order valence-electron chi connectivity index (χ3n) is 3.64. The summed E-state index contributed by atoms with van der Waals surface area (Å²) in [6.07, 6.45) is 9.24. The van der Waals surface area contributed by atoms with E-state index >= 15 is 0 Å². The topological polar surface area (TPSA) is 63.7 Å². The van der Waals surface area contributed by atoms with E-state index in [1.807, 2.05) is 30.8 Å². The van der Waals surface area contributed by atoms with Gasteiger partial charge in [0.25, 0.3) is 0 Å². The van der Waals surface area contributed by atoms with Crippen molar-refractivity contribution in [1.82, 2.24) is 20.2 Å². The second-order valence-corrected chi connectivity index (χ2v) is 5.05. The summed E-state index contributed by atoms with van der Waals surface area (Å²) in [4.78, 5) is 8.62. The quantitative estimate of drug-likeness (QED) is 0.782. The number of pyridine rings is 2. The lowest BCUT2D eigenvalue weighted by Crippen LogP contribution is -1.99. The fraction of sp³-hybridized carbons (Fsp3) is 0.188. The Kier molecular flexibility index (Phi) is 2.88. The van der Waals surface area contributed by atoms with Crippen LogP contribution in [-0.4, -0.2) is 26.8 Å². The van der Waals surface area contributed by atoms with Crippen LogP contribution in [0.1, 0.15) is 18.5 Å². The molecule has 0 fully saturated rings. The fourth-order valence-electron chi connectivity index (χ4n) is 2.57. The van der Waals surface area contributed by atoms with Crippen LogP contribution in [0, 0.1) is 0 Å². The van der Waals surface area contributed by atoms with Gasteiger partial charge < -0.3 is 4.74 Å². The van der Waals surface area contributed by atoms with E-state index in [1.54, 1.807) is 6.20 Å². The molecule has 0 unspecified atom stereocenters. The third-order valence-corrected chi connectivity index (χ3v) is 3.64. The van der Waals surface area contributed by atoms with Crippen LogP contribution in [0.15, 0.2) is 43.1 Å². The summed E-state index contributed by atoms with van der Waals surface area (Å²) in [6.45, 7) is 0.786. The first-order chi connectivity index (χ1) is 10.4. The maximum absolute atomic E-state index is 5.43. The molecule has 4 heterocycles. The Balaban J connectivity index is 1.85. The minimum atomic E-state index is 0.786. The predicted molar refractivity (Wildman–Crippen MR) is 80.3 cm³/mol. The first-order valence-corrected chi connectivity index (χ1v) is 6.97. The number of rotatable bonds is 2. The van der Waals surface area contributed by atoms with E-state index in [9.17, 15) is 0 Å². The largest absolute Gasteiger partial charge is 0.501 e. The molecule has 0 saturated heterocycles. The Morgan fingerprint density at radius 1 is 1.24 bits per heavy atom. The molecule has 3 aromatic rings. The summed E-state index contributed by atoms with van der Waals surface area (Å²) in [7, 11) is 0. The van der Waals surface area contributed by atoms with Crippen LogP contribution >= 0.6 is 0 Å². The van der Waals surface area contributed by atoms with Gasteiger partial charge in [-0.2, -0.15) is 5.10 Å². The molecular formula is C16H14N4O. The zero-order valence-electron chi connectivity index (χ0n) is 11.4. The summed E-state index contributed by atoms with van der Waals surface area (Å²) in [5.41, 5.74) is 4.92. The molecular weight excluding hydrogens is 264 g/mol. The van der Waals surface area contributed by atoms with E-state index < -0.39 is 0 Å². The molecule has 0 aliphatic carbocycles. The standard InChI is InChI=1S/C16H14N4O/c1-3-11(8-17-5-1)14-7-13-15(9-18-14)19-20-16(13)12-4-2-6-21-10-12/h1,3,5,7-10H,2,4,6H2,(H,19,20). The van der Waals surface area contributed by atoms with Crippen molar-refractivity contribution in [3.8, 4) is 11.3 Å². The highest BCUT2D eigenvalue weighted by Crippen LogP contribution is 2.29. The fourth-order valence-corrected chi connectivity index (χ4v) is 2.57. The number of H-pyrrole nitrogens is 1. The smallest absolute Gasteiger partial charge is 0.0991 e. The van der Waals surface area contributed by atoms with E-state index in [0.717, 1.165) is 52.9 Å². The summed E-state index contributed by atoms with van der Waals surface area (Å²) in [5.74, 6) is 0. The number of allylic oxidation sites excluding steroid dienone is 1. The van der Waals surface area contributed by atoms with Gasteiger partial charge in [-0.1, -0.05) is 0 Å². The molecule has 0 aromatic carbocycles. The molecule has 0 amide bonds. The molecule has 5 heteroatoms. The molecule has 0 atom stereocenters. The third kappa shape index (κ3) is 2.16. The number of nitrogens with one attached hydrogen (secondary N) is 1. The van der Waals surface area contributed by atoms with Gasteiger partial charge in [-0.3, -0.25) is 15.1 Å². The normalized spacial score (nSPS) is 14.8. The van der Waals surface area contributed by atoms with Gasteiger partial charge in [0.2, 0.25) is 0 Å². The lowest BCUT2D eigenvalue weighted by molar-refractivity contribution is 0.235. The van der Waals surface area contributed by atoms with Crippen LogP contribution in [0.4, 0.5) is 0 Å². The van der Waals surface area contributed by atoms with Crippen LogP contribution < -0.4 is 0 Å². The molecule has 1 N–H and O–H groups in total. The van der Waals surface area contributed by atoms with Crippen molar-refractivity contribution >= 4 is 16.5 Å². The molecule has 4 rings (SSSR count). The highest BCUT2D eigenvalue weighted by Gasteiger charge is 2.15. The number of aromatic amines is 1. The van der Waals surface area contributed by atoms with Gasteiger partial charge >= 0.3 is 0 Å². The van der Waals surface area contributed by atoms with Crippen LogP contribution in [0.25, 0.3) is 27.7 Å². The molecule has 0 spiro atoms. The Morgan fingerprint density at radius 2 is 2.24 bits per heavy atom. The Bertz CT molecular complexity index is 808. The lowest BCUT2D eigenvalue weighted by atomic mass is 10.0. The Hall–Kier alpha value is -2.69. The second kappa shape index (κ2) is 5.01. The van der Waals surface area contributed by atoms with E-state index in [4.69, 9.17) is 4.74 Å². The van der Waals surface area contributed by atoms with Crippen LogP contribution in [0.5, 0.6) is 0 Å². The molecule has 1 aliphatic heterocycles. The van der Waals surface area contributed by atoms with E-state index in [-0.39, 0.29) is 0 Å². The van der Waals surface area contributed by atoms with Gasteiger partial charge in [0.05, 0.1) is 36.0 Å². The first-order valence-electron chi connectivity index (χ1n) is 6.97. The summed E-state index contributed by atoms with van der Waals surface area (Å²) < 4.78 is 5.43. The van der Waals surface area contributed by atoms with Gasteiger partial charge in [-0.15, -0.1) is 0 Å². The van der Waals surface area contributed by atoms with Gasteiger partial charge in [0.1, 0.15) is 0 Å². The van der Waals surface area contributed by atoms with Crippen molar-refractivity contribution < 1.29 is 4.74 Å². The van der Waals surface area contributed by atoms with Crippen LogP contribution in [0.3, 0.4) is 0 Å². The lowest BCUT2D eigenvalue weighted by Gasteiger charge is -2.12. The number of ether oxygens (including phenoxy) is 1. The first kappa shape index (κ1) is 12.1. The summed E-state index contributed by atoms with van der Waals surface area (Å²) in [6, 6.07) is 5.97. The van der Waals surface area contributed by atoms with Crippen molar-refractivity contribution in [2.75, 3.05) is 6.61 Å². The molecule has 0 bridgehead atoms. The Labute approximate surface area is 121 Å². The number of hydrogen-bond acceptors (Lipinski definition) is 4.